The van der Waals surface area contributed by atoms with Crippen LogP contribution in [-0.2, 0) is 17.8 Å². The molecule has 1 aliphatic heterocycles. The van der Waals surface area contributed by atoms with Crippen LogP contribution in [0.25, 0.3) is 6.08 Å². The zero-order valence-corrected chi connectivity index (χ0v) is 20.1. The van der Waals surface area contributed by atoms with Crippen molar-refractivity contribution in [2.45, 2.75) is 13.0 Å². The lowest BCUT2D eigenvalue weighted by Crippen LogP contribution is -2.30. The Bertz CT molecular complexity index is 1180. The molecule has 4 nitrogen and oxygen atoms in total. The Morgan fingerprint density at radius 3 is 2.50 bits per heavy atom. The number of halogens is 2. The molecule has 0 bridgehead atoms. The van der Waals surface area contributed by atoms with Crippen LogP contribution in [0.15, 0.2) is 82.2 Å². The van der Waals surface area contributed by atoms with Crippen molar-refractivity contribution in [1.29, 1.82) is 0 Å². The molecule has 1 fully saturated rings. The zero-order valence-electron chi connectivity index (χ0n) is 17.0. The molecule has 2 amide bonds. The van der Waals surface area contributed by atoms with E-state index >= 15 is 0 Å². The molecule has 0 saturated carbocycles. The Morgan fingerprint density at radius 2 is 1.75 bits per heavy atom. The largest absolute Gasteiger partial charge is 0.488 e. The highest BCUT2D eigenvalue weighted by atomic mass is 79.9. The Hall–Kier alpha value is -2.54. The van der Waals surface area contributed by atoms with Crippen molar-refractivity contribution in [3.8, 4) is 5.75 Å². The maximum Gasteiger partial charge on any atom is 0.293 e. The van der Waals surface area contributed by atoms with E-state index in [1.807, 2.05) is 72.8 Å². The van der Waals surface area contributed by atoms with E-state index in [4.69, 9.17) is 16.3 Å². The third kappa shape index (κ3) is 5.44. The van der Waals surface area contributed by atoms with Gasteiger partial charge in [-0.25, -0.2) is 0 Å². The fraction of sp³-hybridized carbons (Fsp3) is 0.120. The van der Waals surface area contributed by atoms with Crippen LogP contribution in [0, 0.1) is 0 Å². The molecule has 0 radical (unpaired) electrons. The average molecular weight is 529 g/mol. The third-order valence-corrected chi connectivity index (χ3v) is 6.83. The van der Waals surface area contributed by atoms with E-state index in [1.54, 1.807) is 6.08 Å². The average Bonchev–Trinajstić information content (AvgIpc) is 3.05. The lowest BCUT2D eigenvalue weighted by molar-refractivity contribution is -0.122. The summed E-state index contributed by atoms with van der Waals surface area (Å²) in [6, 6.07) is 22.9. The number of carbonyl (C=O) groups is 2. The summed E-state index contributed by atoms with van der Waals surface area (Å²) in [7, 11) is 0. The van der Waals surface area contributed by atoms with Crippen LogP contribution in [-0.4, -0.2) is 22.6 Å². The Balaban J connectivity index is 1.42. The Kier molecular flexibility index (Phi) is 7.35. The molecule has 3 aromatic carbocycles. The number of hydrogen-bond donors (Lipinski definition) is 0. The molecule has 7 heteroatoms. The van der Waals surface area contributed by atoms with Crippen LogP contribution >= 0.6 is 39.3 Å². The topological polar surface area (TPSA) is 46.6 Å². The second-order valence-electron chi connectivity index (χ2n) is 7.14. The first kappa shape index (κ1) is 22.6. The number of carbonyl (C=O) groups excluding carboxylic acids is 2. The van der Waals surface area contributed by atoms with Gasteiger partial charge in [0.1, 0.15) is 12.4 Å². The van der Waals surface area contributed by atoms with Crippen molar-refractivity contribution in [2.75, 3.05) is 6.54 Å². The highest BCUT2D eigenvalue weighted by Gasteiger charge is 2.34. The van der Waals surface area contributed by atoms with Crippen LogP contribution in [0.4, 0.5) is 4.79 Å². The van der Waals surface area contributed by atoms with Gasteiger partial charge in [0.25, 0.3) is 11.1 Å². The molecular formula is C25H19BrClNO3S. The second kappa shape index (κ2) is 10.4. The van der Waals surface area contributed by atoms with Crippen LogP contribution in [0.3, 0.4) is 0 Å². The van der Waals surface area contributed by atoms with E-state index in [-0.39, 0.29) is 11.1 Å². The maximum absolute atomic E-state index is 12.8. The lowest BCUT2D eigenvalue weighted by atomic mass is 10.1. The van der Waals surface area contributed by atoms with Gasteiger partial charge < -0.3 is 4.74 Å². The minimum absolute atomic E-state index is 0.240. The van der Waals surface area contributed by atoms with Gasteiger partial charge in [-0.15, -0.1) is 0 Å². The summed E-state index contributed by atoms with van der Waals surface area (Å²) in [5.74, 6) is 0.407. The van der Waals surface area contributed by atoms with E-state index in [2.05, 4.69) is 15.9 Å². The summed E-state index contributed by atoms with van der Waals surface area (Å²) < 4.78 is 6.62. The highest BCUT2D eigenvalue weighted by molar-refractivity contribution is 9.10. The molecule has 0 aromatic heterocycles. The molecule has 32 heavy (non-hydrogen) atoms. The van der Waals surface area contributed by atoms with Gasteiger partial charge in [0.05, 0.1) is 9.38 Å². The van der Waals surface area contributed by atoms with Gasteiger partial charge in [-0.1, -0.05) is 66.2 Å². The van der Waals surface area contributed by atoms with Crippen LogP contribution in [0.5, 0.6) is 5.75 Å². The molecule has 0 spiro atoms. The normalized spacial score (nSPS) is 14.9. The number of imide groups is 1. The van der Waals surface area contributed by atoms with Crippen molar-refractivity contribution in [3.05, 3.63) is 104 Å². The van der Waals surface area contributed by atoms with Crippen molar-refractivity contribution in [2.24, 2.45) is 0 Å². The summed E-state index contributed by atoms with van der Waals surface area (Å²) in [5, 5.41) is 0.416. The molecule has 162 valence electrons. The first-order valence-electron chi connectivity index (χ1n) is 9.96. The predicted molar refractivity (Wildman–Crippen MR) is 133 cm³/mol. The maximum atomic E-state index is 12.8. The van der Waals surface area contributed by atoms with Gasteiger partial charge in [0.15, 0.2) is 0 Å². The smallest absolute Gasteiger partial charge is 0.293 e. The van der Waals surface area contributed by atoms with Gasteiger partial charge in [0.2, 0.25) is 0 Å². The number of hydrogen-bond acceptors (Lipinski definition) is 4. The molecule has 4 rings (SSSR count). The van der Waals surface area contributed by atoms with E-state index < -0.39 is 0 Å². The summed E-state index contributed by atoms with van der Waals surface area (Å²) in [5.41, 5.74) is 2.79. The summed E-state index contributed by atoms with van der Waals surface area (Å²) in [6.07, 6.45) is 2.37. The summed E-state index contributed by atoms with van der Waals surface area (Å²) in [4.78, 5) is 26.8. The van der Waals surface area contributed by atoms with Gasteiger partial charge in [-0.2, -0.15) is 0 Å². The number of ether oxygens (including phenoxy) is 1. The highest BCUT2D eigenvalue weighted by Crippen LogP contribution is 2.34. The molecule has 1 heterocycles. The molecule has 0 unspecified atom stereocenters. The van der Waals surface area contributed by atoms with Gasteiger partial charge >= 0.3 is 0 Å². The summed E-state index contributed by atoms with van der Waals surface area (Å²) >= 11 is 10.7. The number of rotatable bonds is 7. The molecule has 1 aliphatic rings. The van der Waals surface area contributed by atoms with Gasteiger partial charge in [0, 0.05) is 17.1 Å². The second-order valence-corrected chi connectivity index (χ2v) is 9.39. The van der Waals surface area contributed by atoms with Crippen molar-refractivity contribution < 1.29 is 14.3 Å². The number of nitrogens with zero attached hydrogens (tertiary/aromatic N) is 1. The zero-order chi connectivity index (χ0) is 22.5. The molecule has 1 saturated heterocycles. The monoisotopic (exact) mass is 527 g/mol. The van der Waals surface area contributed by atoms with Crippen LogP contribution in [0.2, 0.25) is 5.02 Å². The quantitative estimate of drug-likeness (QED) is 0.311. The van der Waals surface area contributed by atoms with Gasteiger partial charge in [-0.3, -0.25) is 14.5 Å². The minimum atomic E-state index is -0.258. The molecule has 0 aliphatic carbocycles. The van der Waals surface area contributed by atoms with E-state index in [0.29, 0.717) is 35.2 Å². The predicted octanol–water partition coefficient (Wildman–Crippen LogP) is 6.96. The lowest BCUT2D eigenvalue weighted by Gasteiger charge is -2.12. The molecule has 0 N–H and O–H groups in total. The van der Waals surface area contributed by atoms with E-state index in [9.17, 15) is 9.59 Å². The molecule has 0 atom stereocenters. The van der Waals surface area contributed by atoms with Crippen LogP contribution in [0.1, 0.15) is 16.7 Å². The summed E-state index contributed by atoms with van der Waals surface area (Å²) in [6.45, 7) is 0.711. The van der Waals surface area contributed by atoms with Crippen molar-refractivity contribution in [1.82, 2.24) is 4.90 Å². The third-order valence-electron chi connectivity index (χ3n) is 4.94. The minimum Gasteiger partial charge on any atom is -0.488 e. The van der Waals surface area contributed by atoms with E-state index in [1.165, 1.54) is 4.90 Å². The first-order valence-corrected chi connectivity index (χ1v) is 11.9. The van der Waals surface area contributed by atoms with Crippen molar-refractivity contribution >= 4 is 56.5 Å². The SMILES string of the molecule is O=C1S/C(=C/c2ccc(OCc3ccccc3Cl)c(Br)c2)C(=O)N1CCc1ccccc1. The van der Waals surface area contributed by atoms with Crippen LogP contribution < -0.4 is 4.74 Å². The number of benzene rings is 3. The fourth-order valence-corrected chi connectivity index (χ4v) is 4.79. The van der Waals surface area contributed by atoms with Crippen molar-refractivity contribution in [3.63, 3.8) is 0 Å². The first-order chi connectivity index (χ1) is 15.5. The Morgan fingerprint density at radius 1 is 1.00 bits per heavy atom. The molecular weight excluding hydrogens is 510 g/mol. The standard InChI is InChI=1S/C25H19BrClNO3S/c26-20-14-18(10-11-22(20)31-16-19-8-4-5-9-21(19)27)15-23-24(29)28(25(30)32-23)13-12-17-6-2-1-3-7-17/h1-11,14-15H,12-13,16H2/b23-15+. The fourth-order valence-electron chi connectivity index (χ4n) is 3.22. The molecule has 3 aromatic rings. The Labute approximate surface area is 204 Å². The van der Waals surface area contributed by atoms with E-state index in [0.717, 1.165) is 32.9 Å². The van der Waals surface area contributed by atoms with Gasteiger partial charge in [-0.05, 0) is 69.5 Å². The number of thioether (sulfide) groups is 1. The number of amides is 2.